The summed E-state index contributed by atoms with van der Waals surface area (Å²) in [5.74, 6) is -2.21. The highest BCUT2D eigenvalue weighted by atomic mass is 32.2. The van der Waals surface area contributed by atoms with Gasteiger partial charge in [-0.15, -0.1) is 0 Å². The van der Waals surface area contributed by atoms with Crippen molar-refractivity contribution in [1.82, 2.24) is 4.57 Å². The second kappa shape index (κ2) is 11.9. The standard InChI is InChI=1S/C31H26N4O8S2/c1-16-6-4-5-7-20(16)32-23(36)15-33-30-27(45-31(33)39)24(17-8-13-21(42-2)22(14-17)43-3)25-26(44-30)29(38)34(28(25)37)18-9-11-19(12-10-18)35(40)41/h4-14,24-26H,15H2,1-3H3,(H,32,36)/t24-,25?,26?/m1/s1. The van der Waals surface area contributed by atoms with E-state index in [1.165, 1.54) is 43.1 Å². The Kier molecular flexibility index (Phi) is 7.93. The van der Waals surface area contributed by atoms with Gasteiger partial charge in [0.1, 0.15) is 11.8 Å². The quantitative estimate of drug-likeness (QED) is 0.165. The molecule has 230 valence electrons. The fraction of sp³-hybridized carbons (Fsp3) is 0.226. The van der Waals surface area contributed by atoms with Gasteiger partial charge >= 0.3 is 4.87 Å². The van der Waals surface area contributed by atoms with Gasteiger partial charge in [-0.25, -0.2) is 4.90 Å². The molecule has 12 nitrogen and oxygen atoms in total. The van der Waals surface area contributed by atoms with E-state index in [4.69, 9.17) is 9.47 Å². The molecule has 2 unspecified atom stereocenters. The van der Waals surface area contributed by atoms with E-state index in [0.29, 0.717) is 32.7 Å². The molecule has 1 N–H and O–H groups in total. The summed E-state index contributed by atoms with van der Waals surface area (Å²) in [6.07, 6.45) is 0. The van der Waals surface area contributed by atoms with Crippen LogP contribution in [-0.2, 0) is 20.9 Å². The monoisotopic (exact) mass is 646 g/mol. The van der Waals surface area contributed by atoms with Crippen molar-refractivity contribution in [3.05, 3.63) is 103 Å². The average Bonchev–Trinajstić information content (AvgIpc) is 3.47. The molecule has 45 heavy (non-hydrogen) atoms. The number of aromatic nitrogens is 1. The number of hydrogen-bond donors (Lipinski definition) is 1. The number of methoxy groups -OCH3 is 2. The van der Waals surface area contributed by atoms with Crippen LogP contribution in [0.4, 0.5) is 17.1 Å². The molecule has 0 bridgehead atoms. The molecule has 0 radical (unpaired) electrons. The van der Waals surface area contributed by atoms with Gasteiger partial charge in [-0.1, -0.05) is 47.4 Å². The van der Waals surface area contributed by atoms with E-state index in [1.54, 1.807) is 30.3 Å². The molecule has 3 atom stereocenters. The Balaban J connectivity index is 1.44. The van der Waals surface area contributed by atoms with Crippen LogP contribution in [0.5, 0.6) is 11.5 Å². The number of non-ortho nitro benzene ring substituents is 1. The van der Waals surface area contributed by atoms with Gasteiger partial charge in [0.2, 0.25) is 17.7 Å². The number of aryl methyl sites for hydroxylation is 1. The van der Waals surface area contributed by atoms with Crippen LogP contribution in [-0.4, -0.2) is 46.7 Å². The molecule has 0 saturated carbocycles. The van der Waals surface area contributed by atoms with Crippen molar-refractivity contribution >= 4 is 57.9 Å². The van der Waals surface area contributed by atoms with Gasteiger partial charge in [0.05, 0.1) is 35.8 Å². The number of anilines is 2. The number of nitrogens with one attached hydrogen (secondary N) is 1. The molecular formula is C31H26N4O8S2. The minimum atomic E-state index is -0.932. The lowest BCUT2D eigenvalue weighted by molar-refractivity contribution is -0.384. The highest BCUT2D eigenvalue weighted by molar-refractivity contribution is 8.00. The number of rotatable bonds is 8. The first-order chi connectivity index (χ1) is 21.6. The molecule has 2 aliphatic heterocycles. The molecule has 1 aromatic heterocycles. The van der Waals surface area contributed by atoms with Crippen LogP contribution in [0.25, 0.3) is 0 Å². The van der Waals surface area contributed by atoms with Gasteiger partial charge in [0, 0.05) is 28.6 Å². The fourth-order valence-electron chi connectivity index (χ4n) is 5.69. The first kappa shape index (κ1) is 30.1. The van der Waals surface area contributed by atoms with Gasteiger partial charge in [-0.3, -0.25) is 33.9 Å². The number of nitro benzene ring substituents is 1. The summed E-state index contributed by atoms with van der Waals surface area (Å²) in [7, 11) is 2.98. The Morgan fingerprint density at radius 3 is 2.36 bits per heavy atom. The first-order valence-corrected chi connectivity index (χ1v) is 15.4. The summed E-state index contributed by atoms with van der Waals surface area (Å²) in [5, 5.41) is 13.5. The highest BCUT2D eigenvalue weighted by Gasteiger charge is 2.57. The third-order valence-corrected chi connectivity index (χ3v) is 10.5. The van der Waals surface area contributed by atoms with E-state index in [1.807, 2.05) is 19.1 Å². The number of nitro groups is 1. The predicted molar refractivity (Wildman–Crippen MR) is 169 cm³/mol. The molecule has 0 aliphatic carbocycles. The van der Waals surface area contributed by atoms with Gasteiger partial charge < -0.3 is 14.8 Å². The number of amides is 3. The summed E-state index contributed by atoms with van der Waals surface area (Å²) >= 11 is 2.00. The van der Waals surface area contributed by atoms with E-state index in [9.17, 15) is 29.3 Å². The molecule has 3 heterocycles. The highest BCUT2D eigenvalue weighted by Crippen LogP contribution is 2.54. The first-order valence-electron chi connectivity index (χ1n) is 13.7. The zero-order chi connectivity index (χ0) is 32.0. The van der Waals surface area contributed by atoms with Crippen molar-refractivity contribution in [3.63, 3.8) is 0 Å². The smallest absolute Gasteiger partial charge is 0.308 e. The van der Waals surface area contributed by atoms with Crippen LogP contribution in [0.3, 0.4) is 0 Å². The van der Waals surface area contributed by atoms with Gasteiger partial charge in [0.15, 0.2) is 11.5 Å². The van der Waals surface area contributed by atoms with E-state index in [0.717, 1.165) is 33.6 Å². The second-order valence-corrected chi connectivity index (χ2v) is 12.6. The Bertz CT molecular complexity index is 1920. The lowest BCUT2D eigenvalue weighted by atomic mass is 9.83. The zero-order valence-corrected chi connectivity index (χ0v) is 25.8. The summed E-state index contributed by atoms with van der Waals surface area (Å²) in [5.41, 5.74) is 2.12. The van der Waals surface area contributed by atoms with Gasteiger partial charge in [0.25, 0.3) is 5.69 Å². The Morgan fingerprint density at radius 2 is 1.69 bits per heavy atom. The maximum atomic E-state index is 14.1. The number of thiazole rings is 1. The van der Waals surface area contributed by atoms with Crippen molar-refractivity contribution in [2.75, 3.05) is 24.4 Å². The summed E-state index contributed by atoms with van der Waals surface area (Å²) in [6, 6.07) is 17.6. The minimum absolute atomic E-state index is 0.178. The third-order valence-electron chi connectivity index (χ3n) is 7.86. The number of carbonyl (C=O) groups excluding carboxylic acids is 3. The molecule has 3 amide bonds. The SMILES string of the molecule is COc1ccc([C@H]2c3sc(=O)n(CC(=O)Nc4ccccc4C)c3SC3C(=O)N(c4ccc([N+](=O)[O-])cc4)C(=O)C32)cc1OC. The third kappa shape index (κ3) is 5.25. The van der Waals surface area contributed by atoms with Crippen LogP contribution in [0.2, 0.25) is 0 Å². The summed E-state index contributed by atoms with van der Waals surface area (Å²) in [4.78, 5) is 66.4. The maximum absolute atomic E-state index is 14.1. The van der Waals surface area contributed by atoms with Crippen LogP contribution in [0.15, 0.2) is 76.6 Å². The van der Waals surface area contributed by atoms with Crippen LogP contribution >= 0.6 is 23.1 Å². The number of para-hydroxylation sites is 1. The molecule has 14 heteroatoms. The van der Waals surface area contributed by atoms with Crippen molar-refractivity contribution in [2.45, 2.75) is 29.7 Å². The molecule has 1 fully saturated rings. The van der Waals surface area contributed by atoms with Crippen molar-refractivity contribution in [1.29, 1.82) is 0 Å². The van der Waals surface area contributed by atoms with Crippen molar-refractivity contribution in [2.24, 2.45) is 5.92 Å². The number of thioether (sulfide) groups is 1. The van der Waals surface area contributed by atoms with E-state index < -0.39 is 44.6 Å². The number of hydrogen-bond acceptors (Lipinski definition) is 10. The largest absolute Gasteiger partial charge is 0.493 e. The summed E-state index contributed by atoms with van der Waals surface area (Å²) < 4.78 is 12.3. The van der Waals surface area contributed by atoms with E-state index in [-0.39, 0.29) is 17.9 Å². The Hall–Kier alpha value is -4.95. The lowest BCUT2D eigenvalue weighted by Crippen LogP contribution is -2.33. The van der Waals surface area contributed by atoms with Crippen molar-refractivity contribution < 1.29 is 28.8 Å². The fourth-order valence-corrected chi connectivity index (χ4v) is 8.46. The van der Waals surface area contributed by atoms with E-state index >= 15 is 0 Å². The number of carbonyl (C=O) groups is 3. The number of ether oxygens (including phenoxy) is 2. The number of fused-ring (bicyclic) bond motifs is 2. The Labute approximate surface area is 264 Å². The number of nitrogens with zero attached hydrogens (tertiary/aromatic N) is 3. The molecule has 2 aliphatic rings. The van der Waals surface area contributed by atoms with Crippen molar-refractivity contribution in [3.8, 4) is 11.5 Å². The predicted octanol–water partition coefficient (Wildman–Crippen LogP) is 4.58. The minimum Gasteiger partial charge on any atom is -0.493 e. The average molecular weight is 647 g/mol. The molecule has 1 saturated heterocycles. The van der Waals surface area contributed by atoms with Crippen LogP contribution in [0, 0.1) is 23.0 Å². The molecule has 3 aromatic carbocycles. The number of imide groups is 1. The number of benzene rings is 3. The zero-order valence-electron chi connectivity index (χ0n) is 24.2. The van der Waals surface area contributed by atoms with Crippen LogP contribution < -0.4 is 24.6 Å². The van der Waals surface area contributed by atoms with Crippen LogP contribution in [0.1, 0.15) is 21.9 Å². The maximum Gasteiger partial charge on any atom is 0.308 e. The summed E-state index contributed by atoms with van der Waals surface area (Å²) in [6.45, 7) is 1.56. The molecule has 6 rings (SSSR count). The molecule has 0 spiro atoms. The van der Waals surface area contributed by atoms with Gasteiger partial charge in [-0.2, -0.15) is 0 Å². The Morgan fingerprint density at radius 1 is 0.978 bits per heavy atom. The molecular weight excluding hydrogens is 620 g/mol. The molecule has 4 aromatic rings. The van der Waals surface area contributed by atoms with Gasteiger partial charge in [-0.05, 0) is 48.4 Å². The topological polar surface area (TPSA) is 150 Å². The van der Waals surface area contributed by atoms with E-state index in [2.05, 4.69) is 5.32 Å². The lowest BCUT2D eigenvalue weighted by Gasteiger charge is -2.31. The second-order valence-electron chi connectivity index (χ2n) is 10.4. The normalized spacial score (nSPS) is 18.7.